The number of ether oxygens (including phenoxy) is 4. The van der Waals surface area contributed by atoms with Gasteiger partial charge in [0.2, 0.25) is 10.0 Å². The van der Waals surface area contributed by atoms with Gasteiger partial charge in [0.15, 0.2) is 15.5 Å². The highest BCUT2D eigenvalue weighted by Gasteiger charge is 2.43. The normalized spacial score (nSPS) is 23.8. The summed E-state index contributed by atoms with van der Waals surface area (Å²) in [7, 11) is -7.34. The first-order valence-electron chi connectivity index (χ1n) is 33.0. The highest BCUT2D eigenvalue weighted by atomic mass is 35.5. The summed E-state index contributed by atoms with van der Waals surface area (Å²) in [6, 6.07) is 22.7. The molecule has 0 saturated carbocycles. The van der Waals surface area contributed by atoms with E-state index in [0.717, 1.165) is 100 Å². The van der Waals surface area contributed by atoms with Gasteiger partial charge in [-0.15, -0.1) is 0 Å². The Morgan fingerprint density at radius 3 is 2.02 bits per heavy atom. The zero-order chi connectivity index (χ0) is 64.8. The Morgan fingerprint density at radius 1 is 0.696 bits per heavy atom. The second-order valence-electron chi connectivity index (χ2n) is 25.9. The number of carbonyl (C=O) groups is 2. The number of piperazine rings is 1. The lowest BCUT2D eigenvalue weighted by Crippen LogP contribution is -2.54. The van der Waals surface area contributed by atoms with Gasteiger partial charge >= 0.3 is 6.03 Å². The molecular formula is C68H90Cl2N10O10S2. The Labute approximate surface area is 554 Å². The number of fused-ring (bicyclic) bond motifs is 2. The van der Waals surface area contributed by atoms with Crippen molar-refractivity contribution in [3.8, 4) is 17.6 Å². The molecule has 4 aromatic rings. The molecule has 4 saturated heterocycles. The van der Waals surface area contributed by atoms with Crippen LogP contribution in [0.4, 0.5) is 10.5 Å². The third-order valence-electron chi connectivity index (χ3n) is 18.9. The van der Waals surface area contributed by atoms with Crippen LogP contribution in [0, 0.1) is 29.7 Å². The van der Waals surface area contributed by atoms with E-state index in [1.54, 1.807) is 60.7 Å². The quantitative estimate of drug-likeness (QED) is 0.0272. The SMILES string of the molecule is [C-]#[N+]c1cc(Cl)cc2c1C[C@H](N1CCC[C@@H](C)C1)[C@H]2Oc1ccc(S(=O)(=O)C[C@H]2CCN(CCOCCNC(=O)NCCCCCC(=O)CCCOCCN3CC[C@H](NS(=O)(=O)c4ccc(O[C@H]5c6cc(Cl)cc(C#N)c6C[C@@H]5N5CCN[C@@H](C)C5)cc4)C3)C2)cc1. The van der Waals surface area contributed by atoms with Gasteiger partial charge < -0.3 is 39.8 Å². The van der Waals surface area contributed by atoms with Crippen molar-refractivity contribution in [2.24, 2.45) is 11.8 Å². The average Bonchev–Trinajstić information content (AvgIpc) is 1.63. The Kier molecular flexibility index (Phi) is 24.7. The van der Waals surface area contributed by atoms with Crippen molar-refractivity contribution in [3.05, 3.63) is 122 Å². The number of halogens is 2. The number of hydrogen-bond donors (Lipinski definition) is 4. The number of likely N-dealkylation sites (tertiary alicyclic amines) is 3. The molecular weight excluding hydrogens is 1250 g/mol. The number of hydrogen-bond acceptors (Lipinski definition) is 16. The third-order valence-corrected chi connectivity index (χ3v) is 22.8. The number of benzene rings is 4. The molecule has 4 aromatic carbocycles. The minimum absolute atomic E-state index is 0.00268. The number of sulfone groups is 1. The summed E-state index contributed by atoms with van der Waals surface area (Å²) in [6.45, 7) is 23.4. The Bertz CT molecular complexity index is 3260. The van der Waals surface area contributed by atoms with Gasteiger partial charge in [-0.05, 0) is 191 Å². The van der Waals surface area contributed by atoms with Crippen LogP contribution in [0.3, 0.4) is 0 Å². The predicted molar refractivity (Wildman–Crippen MR) is 355 cm³/mol. The smallest absolute Gasteiger partial charge is 0.314 e. The van der Waals surface area contributed by atoms with Gasteiger partial charge in [0.05, 0.1) is 65.7 Å². The summed E-state index contributed by atoms with van der Waals surface area (Å²) < 4.78 is 82.1. The van der Waals surface area contributed by atoms with E-state index in [4.69, 9.17) is 48.7 Å². The molecule has 4 fully saturated rings. The standard InChI is InChI=1S/C68H90Cl2N10O10S2/c1-47-9-7-25-79(42-47)65-40-60-62(37-52(70)38-63(60)72-3)67(65)90-55-12-16-57(17-13-55)91(83,84)46-49-20-26-77(44-49)29-34-88-32-24-75-68(82)74-22-6-4-5-10-54(81)11-8-31-87-33-30-78-27-21-53(45-78)76-92(85,86)58-18-14-56(15-19-58)89-66-61-36-51(69)35-50(41-71)59(61)39-64(66)80-28-23-73-48(2)43-80/h12-19,35-38,47-49,53,64-67,73,76H,4-11,20-34,39-40,42-46H2,1-2H3,(H2,74,75,82)/t47-,48+,49+,53+,64+,65+,66+,67+/m1/s1. The molecule has 10 rings (SSSR count). The van der Waals surface area contributed by atoms with Crippen LogP contribution in [-0.2, 0) is 47.0 Å². The van der Waals surface area contributed by atoms with Crippen LogP contribution in [0.25, 0.3) is 4.85 Å². The molecule has 8 atom stereocenters. The van der Waals surface area contributed by atoms with E-state index < -0.39 is 19.9 Å². The summed E-state index contributed by atoms with van der Waals surface area (Å²) in [5, 5.41) is 20.1. The molecule has 20 nitrogen and oxygen atoms in total. The van der Waals surface area contributed by atoms with Crippen molar-refractivity contribution >= 4 is 60.6 Å². The first-order valence-corrected chi connectivity index (χ1v) is 36.9. The molecule has 0 bridgehead atoms. The summed E-state index contributed by atoms with van der Waals surface area (Å²) in [5.41, 5.74) is 4.86. The molecule has 92 heavy (non-hydrogen) atoms. The third kappa shape index (κ3) is 18.7. The fourth-order valence-corrected chi connectivity index (χ4v) is 17.6. The van der Waals surface area contributed by atoms with Gasteiger partial charge in [0.25, 0.3) is 0 Å². The fraction of sp³-hybridized carbons (Fsp3) is 0.588. The van der Waals surface area contributed by atoms with Crippen molar-refractivity contribution in [3.63, 3.8) is 0 Å². The molecule has 4 heterocycles. The number of nitriles is 1. The number of carbonyl (C=O) groups excluding carboxylic acids is 2. The summed E-state index contributed by atoms with van der Waals surface area (Å²) in [6.07, 6.45) is 8.33. The molecule has 2 aliphatic carbocycles. The zero-order valence-corrected chi connectivity index (χ0v) is 56.2. The van der Waals surface area contributed by atoms with Crippen LogP contribution in [-0.4, -0.2) is 190 Å². The minimum Gasteiger partial charge on any atom is -0.484 e. The van der Waals surface area contributed by atoms with Gasteiger partial charge in [-0.2, -0.15) is 5.26 Å². The predicted octanol–water partition coefficient (Wildman–Crippen LogP) is 8.92. The number of ketones is 1. The zero-order valence-electron chi connectivity index (χ0n) is 53.1. The number of nitrogens with one attached hydrogen (secondary N) is 4. The number of amides is 2. The summed E-state index contributed by atoms with van der Waals surface area (Å²) >= 11 is 13.0. The van der Waals surface area contributed by atoms with E-state index in [0.29, 0.717) is 149 Å². The molecule has 0 spiro atoms. The van der Waals surface area contributed by atoms with E-state index in [-0.39, 0.29) is 63.6 Å². The second-order valence-corrected chi connectivity index (χ2v) is 30.5. The van der Waals surface area contributed by atoms with E-state index in [2.05, 4.69) is 65.0 Å². The molecule has 498 valence electrons. The second kappa shape index (κ2) is 32.8. The number of rotatable bonds is 31. The molecule has 2 amide bonds. The van der Waals surface area contributed by atoms with Crippen molar-refractivity contribution in [1.29, 1.82) is 5.26 Å². The lowest BCUT2D eigenvalue weighted by Gasteiger charge is -2.38. The van der Waals surface area contributed by atoms with Gasteiger partial charge in [-0.25, -0.2) is 31.2 Å². The highest BCUT2D eigenvalue weighted by Crippen LogP contribution is 2.46. The minimum atomic E-state index is -3.79. The lowest BCUT2D eigenvalue weighted by atomic mass is 9.97. The van der Waals surface area contributed by atoms with Crippen molar-refractivity contribution in [2.45, 2.75) is 137 Å². The number of urea groups is 1. The van der Waals surface area contributed by atoms with Crippen LogP contribution in [0.5, 0.6) is 11.5 Å². The van der Waals surface area contributed by atoms with E-state index in [9.17, 15) is 31.7 Å². The number of sulfonamides is 1. The number of piperidine rings is 1. The van der Waals surface area contributed by atoms with Crippen molar-refractivity contribution in [1.82, 2.24) is 40.3 Å². The lowest BCUT2D eigenvalue weighted by molar-refractivity contribution is -0.119. The monoisotopic (exact) mass is 1340 g/mol. The molecule has 0 radical (unpaired) electrons. The first kappa shape index (κ1) is 69.4. The topological polar surface area (TPSA) is 229 Å². The maximum Gasteiger partial charge on any atom is 0.314 e. The molecule has 4 N–H and O–H groups in total. The van der Waals surface area contributed by atoms with Gasteiger partial charge in [-0.3, -0.25) is 19.5 Å². The van der Waals surface area contributed by atoms with E-state index >= 15 is 0 Å². The van der Waals surface area contributed by atoms with Gasteiger partial charge in [-0.1, -0.05) is 36.5 Å². The largest absolute Gasteiger partial charge is 0.484 e. The summed E-state index contributed by atoms with van der Waals surface area (Å²) in [4.78, 5) is 38.4. The molecule has 0 unspecified atom stereocenters. The van der Waals surface area contributed by atoms with Crippen LogP contribution in [0.2, 0.25) is 10.0 Å². The van der Waals surface area contributed by atoms with Crippen LogP contribution >= 0.6 is 23.2 Å². The Hall–Kier alpha value is -5.44. The van der Waals surface area contributed by atoms with Crippen LogP contribution < -0.4 is 30.1 Å². The number of unbranched alkanes of at least 4 members (excludes halogenated alkanes) is 2. The van der Waals surface area contributed by atoms with E-state index in [1.807, 2.05) is 12.1 Å². The molecule has 24 heteroatoms. The van der Waals surface area contributed by atoms with Crippen molar-refractivity contribution < 1.29 is 45.4 Å². The Morgan fingerprint density at radius 2 is 1.33 bits per heavy atom. The van der Waals surface area contributed by atoms with Crippen LogP contribution in [0.1, 0.15) is 118 Å². The summed E-state index contributed by atoms with van der Waals surface area (Å²) in [5.74, 6) is 1.94. The maximum atomic E-state index is 13.6. The van der Waals surface area contributed by atoms with Crippen molar-refractivity contribution in [2.75, 3.05) is 117 Å². The highest BCUT2D eigenvalue weighted by molar-refractivity contribution is 7.91. The van der Waals surface area contributed by atoms with Gasteiger partial charge in [0, 0.05) is 107 Å². The Balaban J connectivity index is 0.525. The molecule has 6 aliphatic rings. The fourth-order valence-electron chi connectivity index (χ4n) is 14.2. The maximum absolute atomic E-state index is 13.6. The molecule has 0 aromatic heterocycles. The van der Waals surface area contributed by atoms with Crippen LogP contribution in [0.15, 0.2) is 82.6 Å². The average molecular weight is 1340 g/mol. The van der Waals surface area contributed by atoms with Gasteiger partial charge in [0.1, 0.15) is 29.5 Å². The number of Topliss-reactive ketones (excluding diaryl/α,β-unsaturated/α-hetero) is 1. The first-order chi connectivity index (χ1) is 44.4. The van der Waals surface area contributed by atoms with E-state index in [1.165, 1.54) is 6.42 Å². The number of nitrogens with zero attached hydrogens (tertiary/aromatic N) is 6. The molecule has 4 aliphatic heterocycles.